The summed E-state index contributed by atoms with van der Waals surface area (Å²) in [7, 11) is 0. The third-order valence-electron chi connectivity index (χ3n) is 1.52. The molecule has 0 aliphatic carbocycles. The van der Waals surface area contributed by atoms with E-state index in [2.05, 4.69) is 10.1 Å². The van der Waals surface area contributed by atoms with Crippen LogP contribution < -0.4 is 5.32 Å². The lowest BCUT2D eigenvalue weighted by Gasteiger charge is -2.10. The molecule has 1 N–H and O–H groups in total. The van der Waals surface area contributed by atoms with Gasteiger partial charge in [0.05, 0.1) is 19.1 Å². The van der Waals surface area contributed by atoms with Crippen LogP contribution in [0.4, 0.5) is 8.78 Å². The molecule has 1 unspecified atom stereocenters. The molecule has 0 spiro atoms. The zero-order valence-electron chi connectivity index (χ0n) is 8.50. The number of hydrogen-bond donors (Lipinski definition) is 1. The van der Waals surface area contributed by atoms with Crippen LogP contribution in [0.2, 0.25) is 0 Å². The molecule has 6 heteroatoms. The van der Waals surface area contributed by atoms with Gasteiger partial charge in [-0.1, -0.05) is 0 Å². The molecule has 0 fully saturated rings. The van der Waals surface area contributed by atoms with Crippen molar-refractivity contribution in [2.24, 2.45) is 0 Å². The number of ether oxygens (including phenoxy) is 1. The van der Waals surface area contributed by atoms with E-state index < -0.39 is 13.0 Å². The van der Waals surface area contributed by atoms with Crippen molar-refractivity contribution >= 4 is 5.91 Å². The third kappa shape index (κ3) is 9.09. The molecule has 0 aromatic heterocycles. The Balaban J connectivity index is 3.46. The zero-order chi connectivity index (χ0) is 11.7. The molecule has 0 rings (SSSR count). The normalized spacial score (nSPS) is 12.2. The minimum atomic E-state index is -2.51. The Hall–Kier alpha value is -1.22. The smallest absolute Gasteiger partial charge is 0.261 e. The lowest BCUT2D eigenvalue weighted by molar-refractivity contribution is -0.123. The summed E-state index contributed by atoms with van der Waals surface area (Å²) in [5, 5.41) is 10.9. The van der Waals surface area contributed by atoms with E-state index in [-0.39, 0.29) is 31.4 Å². The molecule has 0 aliphatic rings. The molecule has 0 saturated heterocycles. The van der Waals surface area contributed by atoms with Crippen LogP contribution in [0.5, 0.6) is 0 Å². The average Bonchev–Trinajstić information content (AvgIpc) is 2.12. The van der Waals surface area contributed by atoms with Gasteiger partial charge in [0.1, 0.15) is 6.61 Å². The van der Waals surface area contributed by atoms with Gasteiger partial charge < -0.3 is 10.1 Å². The molecule has 0 heterocycles. The molecular weight excluding hydrogens is 206 g/mol. The highest BCUT2D eigenvalue weighted by Gasteiger charge is 2.07. The summed E-state index contributed by atoms with van der Waals surface area (Å²) < 4.78 is 27.7. The van der Waals surface area contributed by atoms with E-state index in [4.69, 9.17) is 5.26 Å². The van der Waals surface area contributed by atoms with Crippen LogP contribution in [0.3, 0.4) is 0 Å². The van der Waals surface area contributed by atoms with Gasteiger partial charge in [-0.2, -0.15) is 5.26 Å². The number of halogens is 2. The number of alkyl halides is 2. The summed E-state index contributed by atoms with van der Waals surface area (Å²) in [5.41, 5.74) is 0. The molecule has 86 valence electrons. The van der Waals surface area contributed by atoms with Gasteiger partial charge in [0.2, 0.25) is 5.91 Å². The first-order chi connectivity index (χ1) is 7.06. The van der Waals surface area contributed by atoms with E-state index in [0.717, 1.165) is 0 Å². The van der Waals surface area contributed by atoms with Crippen LogP contribution in [0.15, 0.2) is 0 Å². The van der Waals surface area contributed by atoms with E-state index in [9.17, 15) is 13.6 Å². The van der Waals surface area contributed by atoms with Crippen molar-refractivity contribution in [3.05, 3.63) is 0 Å². The Morgan fingerprint density at radius 1 is 1.60 bits per heavy atom. The van der Waals surface area contributed by atoms with E-state index in [1.807, 2.05) is 6.07 Å². The number of carbonyl (C=O) groups is 1. The molecule has 15 heavy (non-hydrogen) atoms. The van der Waals surface area contributed by atoms with Crippen molar-refractivity contribution in [2.75, 3.05) is 13.2 Å². The Labute approximate surface area is 87.2 Å². The van der Waals surface area contributed by atoms with Gasteiger partial charge in [0.25, 0.3) is 6.43 Å². The monoisotopic (exact) mass is 220 g/mol. The second kappa shape index (κ2) is 8.12. The number of carbonyl (C=O) groups excluding carboxylic acids is 1. The molecule has 4 nitrogen and oxygen atoms in total. The molecule has 1 amide bonds. The minimum Gasteiger partial charge on any atom is -0.375 e. The molecule has 0 saturated carbocycles. The molecule has 0 radical (unpaired) electrons. The SMILES string of the molecule is CC(CC#N)NC(=O)CCOCC(F)F. The summed E-state index contributed by atoms with van der Waals surface area (Å²) in [4.78, 5) is 11.1. The van der Waals surface area contributed by atoms with Gasteiger partial charge in [-0.25, -0.2) is 8.78 Å². The van der Waals surface area contributed by atoms with Gasteiger partial charge in [-0.05, 0) is 6.92 Å². The lowest BCUT2D eigenvalue weighted by atomic mass is 10.2. The van der Waals surface area contributed by atoms with Gasteiger partial charge >= 0.3 is 0 Å². The average molecular weight is 220 g/mol. The van der Waals surface area contributed by atoms with E-state index >= 15 is 0 Å². The number of rotatable bonds is 7. The van der Waals surface area contributed by atoms with Crippen molar-refractivity contribution < 1.29 is 18.3 Å². The fourth-order valence-electron chi connectivity index (χ4n) is 0.872. The highest BCUT2D eigenvalue weighted by atomic mass is 19.3. The van der Waals surface area contributed by atoms with Crippen molar-refractivity contribution in [3.63, 3.8) is 0 Å². The molecule has 0 bridgehead atoms. The van der Waals surface area contributed by atoms with Crippen LogP contribution in [0.25, 0.3) is 0 Å². The Morgan fingerprint density at radius 2 is 2.27 bits per heavy atom. The quantitative estimate of drug-likeness (QED) is 0.653. The second-order valence-corrected chi connectivity index (χ2v) is 3.05. The van der Waals surface area contributed by atoms with Gasteiger partial charge in [0, 0.05) is 12.5 Å². The van der Waals surface area contributed by atoms with E-state index in [1.165, 1.54) is 0 Å². The maximum atomic E-state index is 11.6. The first-order valence-corrected chi connectivity index (χ1v) is 4.58. The largest absolute Gasteiger partial charge is 0.375 e. The first kappa shape index (κ1) is 13.8. The molecule has 0 aromatic rings. The van der Waals surface area contributed by atoms with Gasteiger partial charge in [-0.15, -0.1) is 0 Å². The molecule has 0 aromatic carbocycles. The number of nitrogens with zero attached hydrogens (tertiary/aromatic N) is 1. The summed E-state index contributed by atoms with van der Waals surface area (Å²) in [6, 6.07) is 1.69. The van der Waals surface area contributed by atoms with Gasteiger partial charge in [-0.3, -0.25) is 4.79 Å². The topological polar surface area (TPSA) is 62.1 Å². The first-order valence-electron chi connectivity index (χ1n) is 4.58. The summed E-state index contributed by atoms with van der Waals surface area (Å²) in [6.45, 7) is 1.01. The molecule has 1 atom stereocenters. The number of hydrogen-bond acceptors (Lipinski definition) is 3. The maximum absolute atomic E-state index is 11.6. The minimum absolute atomic E-state index is 0.0302. The fourth-order valence-corrected chi connectivity index (χ4v) is 0.872. The Bertz CT molecular complexity index is 229. The maximum Gasteiger partial charge on any atom is 0.261 e. The van der Waals surface area contributed by atoms with Crippen LogP contribution in [0, 0.1) is 11.3 Å². The van der Waals surface area contributed by atoms with Crippen LogP contribution in [0.1, 0.15) is 19.8 Å². The van der Waals surface area contributed by atoms with Crippen molar-refractivity contribution in [2.45, 2.75) is 32.2 Å². The predicted molar refractivity (Wildman–Crippen MR) is 49.3 cm³/mol. The van der Waals surface area contributed by atoms with Crippen molar-refractivity contribution in [1.82, 2.24) is 5.32 Å². The highest BCUT2D eigenvalue weighted by Crippen LogP contribution is 1.94. The Kier molecular flexibility index (Phi) is 7.46. The summed E-state index contributed by atoms with van der Waals surface area (Å²) in [5.74, 6) is -0.299. The zero-order valence-corrected chi connectivity index (χ0v) is 8.50. The highest BCUT2D eigenvalue weighted by molar-refractivity contribution is 5.76. The van der Waals surface area contributed by atoms with E-state index in [0.29, 0.717) is 0 Å². The van der Waals surface area contributed by atoms with Crippen LogP contribution >= 0.6 is 0 Å². The fraction of sp³-hybridized carbons (Fsp3) is 0.778. The van der Waals surface area contributed by atoms with Crippen molar-refractivity contribution in [3.8, 4) is 6.07 Å². The van der Waals surface area contributed by atoms with Crippen LogP contribution in [-0.4, -0.2) is 31.6 Å². The number of nitrogens with one attached hydrogen (secondary N) is 1. The third-order valence-corrected chi connectivity index (χ3v) is 1.52. The Morgan fingerprint density at radius 3 is 2.80 bits per heavy atom. The van der Waals surface area contributed by atoms with Crippen LogP contribution in [-0.2, 0) is 9.53 Å². The summed E-state index contributed by atoms with van der Waals surface area (Å²) in [6.07, 6.45) is -2.25. The molecule has 0 aliphatic heterocycles. The lowest BCUT2D eigenvalue weighted by Crippen LogP contribution is -2.32. The second-order valence-electron chi connectivity index (χ2n) is 3.05. The summed E-state index contributed by atoms with van der Waals surface area (Å²) >= 11 is 0. The van der Waals surface area contributed by atoms with Crippen molar-refractivity contribution in [1.29, 1.82) is 5.26 Å². The molecular formula is C9H14F2N2O2. The standard InChI is InChI=1S/C9H14F2N2O2/c1-7(2-4-12)13-9(14)3-5-15-6-8(10)11/h7-8H,2-3,5-6H2,1H3,(H,13,14). The number of nitriles is 1. The number of amides is 1. The van der Waals surface area contributed by atoms with Gasteiger partial charge in [0.15, 0.2) is 0 Å². The van der Waals surface area contributed by atoms with E-state index in [1.54, 1.807) is 6.92 Å². The predicted octanol–water partition coefficient (Wildman–Crippen LogP) is 1.08.